The summed E-state index contributed by atoms with van der Waals surface area (Å²) in [6.45, 7) is 1.51. The third kappa shape index (κ3) is 3.10. The average molecular weight is 336 g/mol. The molecule has 124 valence electrons. The van der Waals surface area contributed by atoms with Crippen molar-refractivity contribution in [2.24, 2.45) is 0 Å². The number of nitrogens with zero attached hydrogens (tertiary/aromatic N) is 1. The number of amides is 1. The maximum atomic E-state index is 13.1. The van der Waals surface area contributed by atoms with E-state index in [1.54, 1.807) is 0 Å². The smallest absolute Gasteiger partial charge is 0.459 e. The van der Waals surface area contributed by atoms with E-state index < -0.39 is 29.7 Å². The molecule has 1 amide bonds. The Bertz CT molecular complexity index is 739. The number of carbonyl (C=O) groups excluding carboxylic acids is 1. The minimum absolute atomic E-state index is 0.0964. The van der Waals surface area contributed by atoms with Crippen molar-refractivity contribution in [2.75, 3.05) is 5.32 Å². The largest absolute Gasteiger partial charge is 0.507 e. The number of phenols is 1. The Labute approximate surface area is 125 Å². The number of carbonyl (C=O) groups is 1. The lowest BCUT2D eigenvalue weighted by atomic mass is 10.1. The SMILES string of the molecule is Cc1cccc(C(=O)Nc2nc(C(F)(F)C(F)(F)F)co2)c1O. The quantitative estimate of drug-likeness (QED) is 0.840. The van der Waals surface area contributed by atoms with Gasteiger partial charge in [-0.1, -0.05) is 12.1 Å². The summed E-state index contributed by atoms with van der Waals surface area (Å²) in [7, 11) is 0. The van der Waals surface area contributed by atoms with E-state index in [9.17, 15) is 31.9 Å². The van der Waals surface area contributed by atoms with E-state index in [1.807, 2.05) is 5.32 Å². The Balaban J connectivity index is 2.23. The van der Waals surface area contributed by atoms with Crippen LogP contribution in [0.5, 0.6) is 5.75 Å². The van der Waals surface area contributed by atoms with Crippen LogP contribution in [0.15, 0.2) is 28.9 Å². The van der Waals surface area contributed by atoms with Gasteiger partial charge < -0.3 is 9.52 Å². The zero-order valence-electron chi connectivity index (χ0n) is 11.4. The van der Waals surface area contributed by atoms with E-state index in [-0.39, 0.29) is 17.6 Å². The molecule has 1 aromatic carbocycles. The molecule has 23 heavy (non-hydrogen) atoms. The molecule has 0 spiro atoms. The molecule has 2 N–H and O–H groups in total. The number of phenolic OH excluding ortho intramolecular Hbond substituents is 1. The fraction of sp³-hybridized carbons (Fsp3) is 0.231. The highest BCUT2D eigenvalue weighted by Crippen LogP contribution is 2.43. The van der Waals surface area contributed by atoms with Crippen LogP contribution >= 0.6 is 0 Å². The zero-order chi connectivity index (χ0) is 17.4. The summed E-state index contributed by atoms with van der Waals surface area (Å²) < 4.78 is 67.1. The molecule has 2 rings (SSSR count). The molecule has 0 bridgehead atoms. The Morgan fingerprint density at radius 1 is 1.26 bits per heavy atom. The summed E-state index contributed by atoms with van der Waals surface area (Å²) in [5.41, 5.74) is -1.53. The van der Waals surface area contributed by atoms with E-state index >= 15 is 0 Å². The first-order valence-corrected chi connectivity index (χ1v) is 6.04. The molecule has 5 nitrogen and oxygen atoms in total. The number of aromatic nitrogens is 1. The van der Waals surface area contributed by atoms with Crippen LogP contribution in [0.2, 0.25) is 0 Å². The highest BCUT2D eigenvalue weighted by Gasteiger charge is 2.60. The van der Waals surface area contributed by atoms with Crippen LogP contribution < -0.4 is 5.32 Å². The number of anilines is 1. The van der Waals surface area contributed by atoms with E-state index in [1.165, 1.54) is 25.1 Å². The predicted molar refractivity (Wildman–Crippen MR) is 67.2 cm³/mol. The second-order valence-electron chi connectivity index (χ2n) is 4.54. The molecular formula is C13H9F5N2O3. The molecule has 1 aromatic heterocycles. The molecule has 0 unspecified atom stereocenters. The number of hydrogen-bond donors (Lipinski definition) is 2. The third-order valence-corrected chi connectivity index (χ3v) is 2.88. The number of aryl methyl sites for hydroxylation is 1. The Kier molecular flexibility index (Phi) is 4.01. The predicted octanol–water partition coefficient (Wildman–Crippen LogP) is 3.60. The summed E-state index contributed by atoms with van der Waals surface area (Å²) in [4.78, 5) is 14.8. The molecule has 0 aliphatic carbocycles. The molecular weight excluding hydrogens is 327 g/mol. The van der Waals surface area contributed by atoms with Crippen LogP contribution in [0.4, 0.5) is 28.0 Å². The second-order valence-corrected chi connectivity index (χ2v) is 4.54. The lowest BCUT2D eigenvalue weighted by Gasteiger charge is -2.16. The van der Waals surface area contributed by atoms with Gasteiger partial charge in [0.1, 0.15) is 12.0 Å². The van der Waals surface area contributed by atoms with Gasteiger partial charge in [0.2, 0.25) is 0 Å². The van der Waals surface area contributed by atoms with Crippen LogP contribution in [0, 0.1) is 6.92 Å². The summed E-state index contributed by atoms with van der Waals surface area (Å²) in [5.74, 6) is -6.56. The maximum Gasteiger partial charge on any atom is 0.459 e. The second kappa shape index (κ2) is 5.52. The van der Waals surface area contributed by atoms with E-state index in [0.717, 1.165) is 0 Å². The molecule has 0 saturated carbocycles. The number of alkyl halides is 5. The first-order valence-electron chi connectivity index (χ1n) is 6.04. The van der Waals surface area contributed by atoms with Gasteiger partial charge in [-0.15, -0.1) is 0 Å². The fourth-order valence-corrected chi connectivity index (χ4v) is 1.63. The van der Waals surface area contributed by atoms with Crippen molar-refractivity contribution in [1.82, 2.24) is 4.98 Å². The molecule has 10 heteroatoms. The highest BCUT2D eigenvalue weighted by atomic mass is 19.4. The van der Waals surface area contributed by atoms with Crippen molar-refractivity contribution in [3.63, 3.8) is 0 Å². The Hall–Kier alpha value is -2.65. The zero-order valence-corrected chi connectivity index (χ0v) is 11.4. The molecule has 1 heterocycles. The highest BCUT2D eigenvalue weighted by molar-refractivity contribution is 6.05. The first kappa shape index (κ1) is 16.7. The Morgan fingerprint density at radius 3 is 2.52 bits per heavy atom. The summed E-state index contributed by atoms with van der Waals surface area (Å²) in [6.07, 6.45) is -5.75. The van der Waals surface area contributed by atoms with Gasteiger partial charge in [-0.05, 0) is 18.6 Å². The average Bonchev–Trinajstić information content (AvgIpc) is 2.89. The summed E-state index contributed by atoms with van der Waals surface area (Å²) in [5, 5.41) is 11.6. The van der Waals surface area contributed by atoms with Crippen LogP contribution in [0.25, 0.3) is 0 Å². The Morgan fingerprint density at radius 2 is 1.91 bits per heavy atom. The minimum atomic E-state index is -5.85. The van der Waals surface area contributed by atoms with Gasteiger partial charge >= 0.3 is 18.1 Å². The van der Waals surface area contributed by atoms with E-state index in [2.05, 4.69) is 9.40 Å². The number of aromatic hydroxyl groups is 1. The van der Waals surface area contributed by atoms with Crippen molar-refractivity contribution >= 4 is 11.9 Å². The van der Waals surface area contributed by atoms with Crippen molar-refractivity contribution < 1.29 is 36.3 Å². The fourth-order valence-electron chi connectivity index (χ4n) is 1.63. The minimum Gasteiger partial charge on any atom is -0.507 e. The van der Waals surface area contributed by atoms with Gasteiger partial charge in [0.25, 0.3) is 5.91 Å². The van der Waals surface area contributed by atoms with Crippen LogP contribution in [-0.4, -0.2) is 22.2 Å². The van der Waals surface area contributed by atoms with Crippen molar-refractivity contribution in [2.45, 2.75) is 19.0 Å². The van der Waals surface area contributed by atoms with Crippen molar-refractivity contribution in [3.8, 4) is 5.75 Å². The molecule has 2 aromatic rings. The molecule has 0 atom stereocenters. The van der Waals surface area contributed by atoms with Crippen LogP contribution in [-0.2, 0) is 5.92 Å². The van der Waals surface area contributed by atoms with E-state index in [4.69, 9.17) is 0 Å². The van der Waals surface area contributed by atoms with Crippen molar-refractivity contribution in [3.05, 3.63) is 41.3 Å². The van der Waals surface area contributed by atoms with Gasteiger partial charge in [0.05, 0.1) is 5.56 Å². The van der Waals surface area contributed by atoms with Crippen LogP contribution in [0.3, 0.4) is 0 Å². The number of hydrogen-bond acceptors (Lipinski definition) is 4. The number of rotatable bonds is 3. The molecule has 0 radical (unpaired) electrons. The maximum absolute atomic E-state index is 13.1. The summed E-state index contributed by atoms with van der Waals surface area (Å²) in [6, 6.07) is 3.34. The molecule has 0 aliphatic rings. The monoisotopic (exact) mass is 336 g/mol. The van der Waals surface area contributed by atoms with Gasteiger partial charge in [0.15, 0.2) is 5.69 Å². The first-order chi connectivity index (χ1) is 10.5. The molecule has 0 aliphatic heterocycles. The van der Waals surface area contributed by atoms with E-state index in [0.29, 0.717) is 5.56 Å². The standard InChI is InChI=1S/C13H9F5N2O3/c1-6-3-2-4-7(9(6)21)10(22)20-11-19-8(5-23-11)12(14,15)13(16,17)18/h2-5,21H,1H3,(H,19,20,22). The third-order valence-electron chi connectivity index (χ3n) is 2.88. The lowest BCUT2D eigenvalue weighted by molar-refractivity contribution is -0.290. The number of oxazole rings is 1. The topological polar surface area (TPSA) is 75.4 Å². The van der Waals surface area contributed by atoms with Gasteiger partial charge in [0, 0.05) is 0 Å². The van der Waals surface area contributed by atoms with Gasteiger partial charge in [-0.2, -0.15) is 26.9 Å². The van der Waals surface area contributed by atoms with Gasteiger partial charge in [-0.3, -0.25) is 10.1 Å². The van der Waals surface area contributed by atoms with Crippen LogP contribution in [0.1, 0.15) is 21.6 Å². The van der Waals surface area contributed by atoms with Gasteiger partial charge in [-0.25, -0.2) is 0 Å². The molecule has 0 saturated heterocycles. The molecule has 0 fully saturated rings. The lowest BCUT2D eigenvalue weighted by Crippen LogP contribution is -2.34. The normalized spacial score (nSPS) is 12.3. The number of nitrogens with one attached hydrogen (secondary N) is 1. The number of benzene rings is 1. The van der Waals surface area contributed by atoms with Crippen molar-refractivity contribution in [1.29, 1.82) is 0 Å². The number of para-hydroxylation sites is 1. The summed E-state index contributed by atoms with van der Waals surface area (Å²) >= 11 is 0. The number of halogens is 5.